The maximum absolute atomic E-state index is 10.7. The number of rotatable bonds is 4. The van der Waals surface area contributed by atoms with Crippen molar-refractivity contribution in [3.63, 3.8) is 0 Å². The fourth-order valence-electron chi connectivity index (χ4n) is 1.65. The number of pyridine rings is 1. The number of aryl methyl sites for hydroxylation is 1. The molecule has 1 heterocycles. The minimum absolute atomic E-state index is 0.0198. The smallest absolute Gasteiger partial charge is 0.271 e. The van der Waals surface area contributed by atoms with Crippen LogP contribution in [0.2, 0.25) is 0 Å². The van der Waals surface area contributed by atoms with Gasteiger partial charge in [-0.15, -0.1) is 0 Å². The number of nitrogens with zero attached hydrogens (tertiary/aromatic N) is 2. The minimum atomic E-state index is -0.451. The molecule has 0 aliphatic heterocycles. The molecule has 1 aromatic heterocycles. The van der Waals surface area contributed by atoms with E-state index in [4.69, 9.17) is 0 Å². The van der Waals surface area contributed by atoms with Crippen molar-refractivity contribution in [3.05, 3.63) is 57.9 Å². The average molecular weight is 259 g/mol. The number of non-ortho nitro benzene ring substituents is 1. The van der Waals surface area contributed by atoms with Crippen LogP contribution in [0.4, 0.5) is 11.4 Å². The van der Waals surface area contributed by atoms with E-state index in [9.17, 15) is 15.2 Å². The molecule has 0 aliphatic carbocycles. The van der Waals surface area contributed by atoms with Gasteiger partial charge in [0, 0.05) is 23.5 Å². The summed E-state index contributed by atoms with van der Waals surface area (Å²) >= 11 is 0. The molecule has 2 rings (SSSR count). The van der Waals surface area contributed by atoms with Gasteiger partial charge in [-0.25, -0.2) is 0 Å². The number of aromatic hydroxyl groups is 1. The number of nitro groups is 1. The standard InChI is InChI=1S/C13H13N3O3/c1-9-5-6-13(17)12(15-9)8-14-10-3-2-4-11(7-10)16(18)19/h2-7,14,17H,8H2,1H3. The van der Waals surface area contributed by atoms with Gasteiger partial charge in [0.2, 0.25) is 0 Å². The zero-order chi connectivity index (χ0) is 13.8. The molecule has 1 aromatic carbocycles. The number of aromatic nitrogens is 1. The lowest BCUT2D eigenvalue weighted by molar-refractivity contribution is -0.384. The van der Waals surface area contributed by atoms with Crippen LogP contribution in [0.15, 0.2) is 36.4 Å². The van der Waals surface area contributed by atoms with Crippen molar-refractivity contribution in [1.82, 2.24) is 4.98 Å². The molecule has 0 saturated heterocycles. The Kier molecular flexibility index (Phi) is 3.61. The molecule has 0 saturated carbocycles. The quantitative estimate of drug-likeness (QED) is 0.650. The molecule has 0 unspecified atom stereocenters. The van der Waals surface area contributed by atoms with Crippen molar-refractivity contribution in [2.75, 3.05) is 5.32 Å². The zero-order valence-corrected chi connectivity index (χ0v) is 10.3. The Labute approximate surface area is 109 Å². The summed E-state index contributed by atoms with van der Waals surface area (Å²) < 4.78 is 0. The molecule has 98 valence electrons. The SMILES string of the molecule is Cc1ccc(O)c(CNc2cccc([N+](=O)[O-])c2)n1. The highest BCUT2D eigenvalue weighted by Crippen LogP contribution is 2.20. The van der Waals surface area contributed by atoms with Gasteiger partial charge in [-0.3, -0.25) is 15.1 Å². The second kappa shape index (κ2) is 5.34. The maximum Gasteiger partial charge on any atom is 0.271 e. The van der Waals surface area contributed by atoms with Crippen molar-refractivity contribution in [1.29, 1.82) is 0 Å². The van der Waals surface area contributed by atoms with Gasteiger partial charge in [-0.05, 0) is 25.1 Å². The fourth-order valence-corrected chi connectivity index (χ4v) is 1.65. The Hall–Kier alpha value is -2.63. The molecule has 6 nitrogen and oxygen atoms in total. The zero-order valence-electron chi connectivity index (χ0n) is 10.3. The lowest BCUT2D eigenvalue weighted by Crippen LogP contribution is -2.03. The summed E-state index contributed by atoms with van der Waals surface area (Å²) in [5, 5.41) is 23.3. The lowest BCUT2D eigenvalue weighted by atomic mass is 10.2. The molecular formula is C13H13N3O3. The molecule has 0 atom stereocenters. The maximum atomic E-state index is 10.7. The summed E-state index contributed by atoms with van der Waals surface area (Å²) in [4.78, 5) is 14.4. The topological polar surface area (TPSA) is 88.3 Å². The van der Waals surface area contributed by atoms with Crippen LogP contribution in [-0.2, 0) is 6.54 Å². The van der Waals surface area contributed by atoms with Gasteiger partial charge < -0.3 is 10.4 Å². The van der Waals surface area contributed by atoms with E-state index < -0.39 is 4.92 Å². The summed E-state index contributed by atoms with van der Waals surface area (Å²) in [5.74, 6) is 0.100. The number of hydrogen-bond donors (Lipinski definition) is 2. The van der Waals surface area contributed by atoms with Gasteiger partial charge in [0.15, 0.2) is 0 Å². The highest BCUT2D eigenvalue weighted by atomic mass is 16.6. The number of anilines is 1. The van der Waals surface area contributed by atoms with Crippen LogP contribution in [0, 0.1) is 17.0 Å². The Morgan fingerprint density at radius 1 is 1.37 bits per heavy atom. The second-order valence-electron chi connectivity index (χ2n) is 4.08. The average Bonchev–Trinajstić information content (AvgIpc) is 2.40. The highest BCUT2D eigenvalue weighted by molar-refractivity contribution is 5.51. The van der Waals surface area contributed by atoms with E-state index in [2.05, 4.69) is 10.3 Å². The van der Waals surface area contributed by atoms with E-state index >= 15 is 0 Å². The first-order chi connectivity index (χ1) is 9.06. The van der Waals surface area contributed by atoms with Crippen LogP contribution in [-0.4, -0.2) is 15.0 Å². The second-order valence-corrected chi connectivity index (χ2v) is 4.08. The normalized spacial score (nSPS) is 10.2. The number of hydrogen-bond acceptors (Lipinski definition) is 5. The predicted molar refractivity (Wildman–Crippen MR) is 71.1 cm³/mol. The molecule has 0 radical (unpaired) electrons. The summed E-state index contributed by atoms with van der Waals surface area (Å²) in [6, 6.07) is 9.48. The van der Waals surface area contributed by atoms with Crippen molar-refractivity contribution in [2.24, 2.45) is 0 Å². The molecule has 2 N–H and O–H groups in total. The van der Waals surface area contributed by atoms with Crippen LogP contribution in [0.5, 0.6) is 5.75 Å². The number of nitrogens with one attached hydrogen (secondary N) is 1. The van der Waals surface area contributed by atoms with Crippen molar-refractivity contribution in [2.45, 2.75) is 13.5 Å². The van der Waals surface area contributed by atoms with Crippen molar-refractivity contribution < 1.29 is 10.0 Å². The Bertz CT molecular complexity index is 614. The predicted octanol–water partition coefficient (Wildman–Crippen LogP) is 2.62. The van der Waals surface area contributed by atoms with Gasteiger partial charge in [0.1, 0.15) is 11.4 Å². The first-order valence-corrected chi connectivity index (χ1v) is 5.70. The monoisotopic (exact) mass is 259 g/mol. The third-order valence-electron chi connectivity index (χ3n) is 2.61. The van der Waals surface area contributed by atoms with Crippen LogP contribution in [0.25, 0.3) is 0 Å². The molecule has 19 heavy (non-hydrogen) atoms. The Morgan fingerprint density at radius 2 is 2.16 bits per heavy atom. The molecule has 6 heteroatoms. The van der Waals surface area contributed by atoms with Crippen LogP contribution in [0.1, 0.15) is 11.4 Å². The van der Waals surface area contributed by atoms with Crippen LogP contribution in [0.3, 0.4) is 0 Å². The minimum Gasteiger partial charge on any atom is -0.506 e. The van der Waals surface area contributed by atoms with E-state index in [-0.39, 0.29) is 11.4 Å². The van der Waals surface area contributed by atoms with E-state index in [0.29, 0.717) is 17.9 Å². The molecule has 2 aromatic rings. The summed E-state index contributed by atoms with van der Waals surface area (Å²) in [6.07, 6.45) is 0. The molecule has 0 fully saturated rings. The summed E-state index contributed by atoms with van der Waals surface area (Å²) in [7, 11) is 0. The Morgan fingerprint density at radius 3 is 2.89 bits per heavy atom. The molecule has 0 spiro atoms. The summed E-state index contributed by atoms with van der Waals surface area (Å²) in [6.45, 7) is 2.13. The van der Waals surface area contributed by atoms with Gasteiger partial charge in [-0.1, -0.05) is 6.07 Å². The number of nitro benzene ring substituents is 1. The lowest BCUT2D eigenvalue weighted by Gasteiger charge is -2.08. The third kappa shape index (κ3) is 3.19. The van der Waals surface area contributed by atoms with E-state index in [1.807, 2.05) is 6.92 Å². The van der Waals surface area contributed by atoms with Gasteiger partial charge >= 0.3 is 0 Å². The van der Waals surface area contributed by atoms with Gasteiger partial charge in [0.25, 0.3) is 5.69 Å². The van der Waals surface area contributed by atoms with Crippen LogP contribution < -0.4 is 5.32 Å². The van der Waals surface area contributed by atoms with E-state index in [0.717, 1.165) is 5.69 Å². The Balaban J connectivity index is 2.12. The van der Waals surface area contributed by atoms with Crippen LogP contribution >= 0.6 is 0 Å². The van der Waals surface area contributed by atoms with Gasteiger partial charge in [-0.2, -0.15) is 0 Å². The highest BCUT2D eigenvalue weighted by Gasteiger charge is 2.07. The summed E-state index contributed by atoms with van der Waals surface area (Å²) in [5.41, 5.74) is 1.93. The largest absolute Gasteiger partial charge is 0.506 e. The molecule has 0 aliphatic rings. The first-order valence-electron chi connectivity index (χ1n) is 5.70. The third-order valence-corrected chi connectivity index (χ3v) is 2.61. The first kappa shape index (κ1) is 12.8. The fraction of sp³-hybridized carbons (Fsp3) is 0.154. The van der Waals surface area contributed by atoms with Crippen molar-refractivity contribution in [3.8, 4) is 5.75 Å². The van der Waals surface area contributed by atoms with Crippen molar-refractivity contribution >= 4 is 11.4 Å². The molecule has 0 amide bonds. The van der Waals surface area contributed by atoms with Gasteiger partial charge in [0.05, 0.1) is 11.5 Å². The number of benzene rings is 1. The molecular weight excluding hydrogens is 246 g/mol. The van der Waals surface area contributed by atoms with E-state index in [1.165, 1.54) is 12.1 Å². The molecule has 0 bridgehead atoms. The van der Waals surface area contributed by atoms with E-state index in [1.54, 1.807) is 24.3 Å².